The van der Waals surface area contributed by atoms with E-state index in [1.807, 2.05) is 25.1 Å². The van der Waals surface area contributed by atoms with Crippen LogP contribution in [0.15, 0.2) is 30.5 Å². The Kier molecular flexibility index (Phi) is 4.12. The number of benzene rings is 1. The number of methoxy groups -OCH3 is 1. The summed E-state index contributed by atoms with van der Waals surface area (Å²) in [7, 11) is 1.52. The molecule has 0 radical (unpaired) electrons. The molecule has 1 aromatic carbocycles. The Bertz CT molecular complexity index is 588. The van der Waals surface area contributed by atoms with E-state index in [2.05, 4.69) is 10.3 Å². The third kappa shape index (κ3) is 3.09. The van der Waals surface area contributed by atoms with Crippen molar-refractivity contribution in [1.82, 2.24) is 4.98 Å². The van der Waals surface area contributed by atoms with Crippen LogP contribution in [0.2, 0.25) is 5.15 Å². The summed E-state index contributed by atoms with van der Waals surface area (Å²) in [5.74, 6) is 0.585. The van der Waals surface area contributed by atoms with E-state index < -0.39 is 0 Å². The summed E-state index contributed by atoms with van der Waals surface area (Å²) in [6, 6.07) is 7.26. The molecule has 5 heteroatoms. The zero-order chi connectivity index (χ0) is 13.8. The van der Waals surface area contributed by atoms with Gasteiger partial charge in [0, 0.05) is 18.3 Å². The maximum absolute atomic E-state index is 9.98. The first kappa shape index (κ1) is 13.5. The molecule has 0 saturated heterocycles. The second-order valence-electron chi connectivity index (χ2n) is 4.17. The molecule has 0 aliphatic heterocycles. The summed E-state index contributed by atoms with van der Waals surface area (Å²) in [6.07, 6.45) is 1.70. The van der Waals surface area contributed by atoms with Gasteiger partial charge in [0.2, 0.25) is 0 Å². The fraction of sp³-hybridized carbons (Fsp3) is 0.214. The number of aromatic hydroxyl groups is 1. The molecule has 0 unspecified atom stereocenters. The van der Waals surface area contributed by atoms with Crippen LogP contribution in [0, 0.1) is 6.92 Å². The zero-order valence-electron chi connectivity index (χ0n) is 10.8. The molecule has 0 aliphatic carbocycles. The van der Waals surface area contributed by atoms with Crippen molar-refractivity contribution in [2.75, 3.05) is 12.4 Å². The molecule has 0 saturated carbocycles. The Hall–Kier alpha value is -1.94. The van der Waals surface area contributed by atoms with Gasteiger partial charge in [0.25, 0.3) is 0 Å². The third-order valence-electron chi connectivity index (χ3n) is 2.75. The first-order valence-corrected chi connectivity index (χ1v) is 6.20. The lowest BCUT2D eigenvalue weighted by atomic mass is 10.2. The number of hydrogen-bond acceptors (Lipinski definition) is 4. The van der Waals surface area contributed by atoms with E-state index >= 15 is 0 Å². The van der Waals surface area contributed by atoms with Gasteiger partial charge in [-0.2, -0.15) is 0 Å². The molecular formula is C14H15ClN2O2. The highest BCUT2D eigenvalue weighted by molar-refractivity contribution is 6.31. The van der Waals surface area contributed by atoms with Crippen molar-refractivity contribution in [1.29, 1.82) is 0 Å². The van der Waals surface area contributed by atoms with Crippen molar-refractivity contribution < 1.29 is 9.84 Å². The molecule has 100 valence electrons. The third-order valence-corrected chi connectivity index (χ3v) is 3.05. The van der Waals surface area contributed by atoms with Crippen molar-refractivity contribution >= 4 is 17.3 Å². The fourth-order valence-corrected chi connectivity index (χ4v) is 1.91. The average Bonchev–Trinajstić information content (AvgIpc) is 2.41. The smallest absolute Gasteiger partial charge is 0.162 e. The van der Waals surface area contributed by atoms with Gasteiger partial charge in [-0.25, -0.2) is 4.98 Å². The maximum atomic E-state index is 9.98. The molecule has 0 amide bonds. The van der Waals surface area contributed by atoms with E-state index in [1.165, 1.54) is 7.11 Å². The Balaban J connectivity index is 2.17. The van der Waals surface area contributed by atoms with Crippen LogP contribution in [0.5, 0.6) is 11.5 Å². The minimum absolute atomic E-state index is 0.134. The predicted molar refractivity (Wildman–Crippen MR) is 76.0 cm³/mol. The molecule has 1 heterocycles. The molecule has 0 bridgehead atoms. The molecule has 2 aromatic rings. The van der Waals surface area contributed by atoms with Gasteiger partial charge in [0.15, 0.2) is 16.7 Å². The molecule has 0 spiro atoms. The lowest BCUT2D eigenvalue weighted by Crippen LogP contribution is -2.02. The molecule has 19 heavy (non-hydrogen) atoms. The van der Waals surface area contributed by atoms with E-state index in [4.69, 9.17) is 16.3 Å². The van der Waals surface area contributed by atoms with E-state index in [9.17, 15) is 5.11 Å². The van der Waals surface area contributed by atoms with Crippen molar-refractivity contribution in [3.8, 4) is 11.5 Å². The highest BCUT2D eigenvalue weighted by atomic mass is 35.5. The number of aryl methyl sites for hydroxylation is 1. The standard InChI is InChI=1S/C14H15ClN2O2/c1-9-6-11(14(15)17-7-9)16-8-10-4-3-5-12(19-2)13(10)18/h3-7,16,18H,8H2,1-2H3. The largest absolute Gasteiger partial charge is 0.504 e. The van der Waals surface area contributed by atoms with Crippen LogP contribution in [0.3, 0.4) is 0 Å². The second-order valence-corrected chi connectivity index (χ2v) is 4.53. The number of halogens is 1. The summed E-state index contributed by atoms with van der Waals surface area (Å²) < 4.78 is 5.06. The van der Waals surface area contributed by atoms with Crippen LogP contribution in [0.4, 0.5) is 5.69 Å². The van der Waals surface area contributed by atoms with Crippen molar-refractivity contribution in [3.63, 3.8) is 0 Å². The van der Waals surface area contributed by atoms with Gasteiger partial charge in [-0.05, 0) is 24.6 Å². The number of aromatic nitrogens is 1. The number of pyridine rings is 1. The summed E-state index contributed by atoms with van der Waals surface area (Å²) in [4.78, 5) is 4.06. The number of rotatable bonds is 4. The molecule has 2 N–H and O–H groups in total. The normalized spacial score (nSPS) is 10.3. The molecule has 1 aromatic heterocycles. The SMILES string of the molecule is COc1cccc(CNc2cc(C)cnc2Cl)c1O. The summed E-state index contributed by atoms with van der Waals surface area (Å²) in [5.41, 5.74) is 2.49. The lowest BCUT2D eigenvalue weighted by Gasteiger charge is -2.11. The molecular weight excluding hydrogens is 264 g/mol. The second kappa shape index (κ2) is 5.80. The average molecular weight is 279 g/mol. The number of nitrogens with one attached hydrogen (secondary N) is 1. The number of ether oxygens (including phenoxy) is 1. The number of anilines is 1. The number of phenols is 1. The van der Waals surface area contributed by atoms with E-state index in [0.29, 0.717) is 17.4 Å². The number of phenolic OH excluding ortho intramolecular Hbond substituents is 1. The van der Waals surface area contributed by atoms with Gasteiger partial charge >= 0.3 is 0 Å². The highest BCUT2D eigenvalue weighted by Gasteiger charge is 2.08. The molecule has 4 nitrogen and oxygen atoms in total. The molecule has 2 rings (SSSR count). The van der Waals surface area contributed by atoms with Crippen LogP contribution in [-0.4, -0.2) is 17.2 Å². The van der Waals surface area contributed by atoms with Gasteiger partial charge in [0.1, 0.15) is 0 Å². The summed E-state index contributed by atoms with van der Waals surface area (Å²) in [5, 5.41) is 13.5. The number of hydrogen-bond donors (Lipinski definition) is 2. The predicted octanol–water partition coefficient (Wildman–Crippen LogP) is 3.37. The monoisotopic (exact) mass is 278 g/mol. The molecule has 0 fully saturated rings. The zero-order valence-corrected chi connectivity index (χ0v) is 11.5. The quantitative estimate of drug-likeness (QED) is 0.842. The van der Waals surface area contributed by atoms with Gasteiger partial charge in [-0.3, -0.25) is 0 Å². The highest BCUT2D eigenvalue weighted by Crippen LogP contribution is 2.30. The molecule has 0 aliphatic rings. The van der Waals surface area contributed by atoms with Gasteiger partial charge in [0.05, 0.1) is 12.8 Å². The minimum Gasteiger partial charge on any atom is -0.504 e. The Morgan fingerprint density at radius 1 is 1.42 bits per heavy atom. The van der Waals surface area contributed by atoms with E-state index in [0.717, 1.165) is 16.8 Å². The Morgan fingerprint density at radius 3 is 2.95 bits per heavy atom. The first-order chi connectivity index (χ1) is 9.11. The first-order valence-electron chi connectivity index (χ1n) is 5.82. The van der Waals surface area contributed by atoms with E-state index in [-0.39, 0.29) is 5.75 Å². The Morgan fingerprint density at radius 2 is 2.21 bits per heavy atom. The number of para-hydroxylation sites is 1. The van der Waals surface area contributed by atoms with Gasteiger partial charge < -0.3 is 15.2 Å². The van der Waals surface area contributed by atoms with Crippen LogP contribution in [0.25, 0.3) is 0 Å². The summed E-state index contributed by atoms with van der Waals surface area (Å²) >= 11 is 6.00. The molecule has 0 atom stereocenters. The van der Waals surface area contributed by atoms with Crippen LogP contribution in [-0.2, 0) is 6.54 Å². The van der Waals surface area contributed by atoms with Gasteiger partial charge in [-0.15, -0.1) is 0 Å². The van der Waals surface area contributed by atoms with Crippen LogP contribution >= 0.6 is 11.6 Å². The van der Waals surface area contributed by atoms with Crippen LogP contribution in [0.1, 0.15) is 11.1 Å². The number of nitrogens with zero attached hydrogens (tertiary/aromatic N) is 1. The van der Waals surface area contributed by atoms with Crippen molar-refractivity contribution in [2.24, 2.45) is 0 Å². The van der Waals surface area contributed by atoms with E-state index in [1.54, 1.807) is 12.3 Å². The van der Waals surface area contributed by atoms with Crippen molar-refractivity contribution in [2.45, 2.75) is 13.5 Å². The lowest BCUT2D eigenvalue weighted by molar-refractivity contribution is 0.371. The van der Waals surface area contributed by atoms with Crippen LogP contribution < -0.4 is 10.1 Å². The topological polar surface area (TPSA) is 54.4 Å². The Labute approximate surface area is 117 Å². The van der Waals surface area contributed by atoms with Crippen molar-refractivity contribution in [3.05, 3.63) is 46.7 Å². The fourth-order valence-electron chi connectivity index (χ4n) is 1.74. The maximum Gasteiger partial charge on any atom is 0.162 e. The summed E-state index contributed by atoms with van der Waals surface area (Å²) in [6.45, 7) is 2.38. The van der Waals surface area contributed by atoms with Gasteiger partial charge in [-0.1, -0.05) is 23.7 Å². The minimum atomic E-state index is 0.134.